The van der Waals surface area contributed by atoms with Crippen LogP contribution in [0.3, 0.4) is 0 Å². The van der Waals surface area contributed by atoms with Gasteiger partial charge in [-0.1, -0.05) is 25.5 Å². The molecule has 0 bridgehead atoms. The zero-order chi connectivity index (χ0) is 16.3. The molecule has 1 unspecified atom stereocenters. The lowest BCUT2D eigenvalue weighted by Crippen LogP contribution is -2.48. The number of amides is 1. The predicted molar refractivity (Wildman–Crippen MR) is 87.3 cm³/mol. The maximum absolute atomic E-state index is 12.3. The third kappa shape index (κ3) is 3.33. The number of nitrogens with one attached hydrogen (secondary N) is 1. The molecule has 0 spiro atoms. The van der Waals surface area contributed by atoms with Crippen LogP contribution in [0.2, 0.25) is 0 Å². The molecule has 0 aliphatic rings. The summed E-state index contributed by atoms with van der Waals surface area (Å²) in [5.74, 6) is 1.42. The Labute approximate surface area is 130 Å². The van der Waals surface area contributed by atoms with Crippen LogP contribution in [0.25, 0.3) is 11.4 Å². The molecule has 22 heavy (non-hydrogen) atoms. The Morgan fingerprint density at radius 3 is 2.73 bits per heavy atom. The van der Waals surface area contributed by atoms with E-state index in [-0.39, 0.29) is 5.91 Å². The molecule has 2 aromatic rings. The number of anilines is 1. The van der Waals surface area contributed by atoms with Gasteiger partial charge in [0.2, 0.25) is 5.91 Å². The fraction of sp³-hybridized carbons (Fsp3) is 0.438. The molecule has 0 saturated heterocycles. The van der Waals surface area contributed by atoms with Gasteiger partial charge in [0.25, 0.3) is 0 Å². The Kier molecular flexibility index (Phi) is 4.61. The van der Waals surface area contributed by atoms with Gasteiger partial charge in [-0.05, 0) is 32.4 Å². The van der Waals surface area contributed by atoms with Crippen molar-refractivity contribution < 1.29 is 4.79 Å². The number of nitrogens with zero attached hydrogens (tertiary/aromatic N) is 3. The molecule has 1 aromatic carbocycles. The first-order valence-corrected chi connectivity index (χ1v) is 7.42. The first-order chi connectivity index (χ1) is 10.3. The summed E-state index contributed by atoms with van der Waals surface area (Å²) in [6.45, 7) is 5.66. The highest BCUT2D eigenvalue weighted by atomic mass is 16.2. The molecule has 0 fully saturated rings. The zero-order valence-corrected chi connectivity index (χ0v) is 13.6. The van der Waals surface area contributed by atoms with E-state index in [2.05, 4.69) is 15.5 Å². The smallest absolute Gasteiger partial charge is 0.244 e. The fourth-order valence-electron chi connectivity index (χ4n) is 2.30. The van der Waals surface area contributed by atoms with Gasteiger partial charge in [-0.25, -0.2) is 0 Å². The highest BCUT2D eigenvalue weighted by Gasteiger charge is 2.27. The van der Waals surface area contributed by atoms with Gasteiger partial charge >= 0.3 is 0 Å². The van der Waals surface area contributed by atoms with Crippen LogP contribution in [0.1, 0.15) is 32.5 Å². The highest BCUT2D eigenvalue weighted by Crippen LogP contribution is 2.22. The number of benzene rings is 1. The number of hydrogen-bond acceptors (Lipinski definition) is 4. The second-order valence-corrected chi connectivity index (χ2v) is 5.83. The van der Waals surface area contributed by atoms with Crippen LogP contribution >= 0.6 is 0 Å². The van der Waals surface area contributed by atoms with Crippen molar-refractivity contribution in [1.29, 1.82) is 0 Å². The first-order valence-electron chi connectivity index (χ1n) is 7.42. The summed E-state index contributed by atoms with van der Waals surface area (Å²) < 4.78 is 1.91. The Hall–Kier alpha value is -2.21. The van der Waals surface area contributed by atoms with E-state index >= 15 is 0 Å². The van der Waals surface area contributed by atoms with Gasteiger partial charge < -0.3 is 15.6 Å². The molecule has 1 heterocycles. The quantitative estimate of drug-likeness (QED) is 0.887. The largest absolute Gasteiger partial charge is 0.324 e. The predicted octanol–water partition coefficient (Wildman–Crippen LogP) is 2.25. The van der Waals surface area contributed by atoms with Gasteiger partial charge in [-0.2, -0.15) is 0 Å². The summed E-state index contributed by atoms with van der Waals surface area (Å²) in [4.78, 5) is 12.3. The van der Waals surface area contributed by atoms with Crippen LogP contribution in [0, 0.1) is 6.92 Å². The molecule has 0 aliphatic carbocycles. The van der Waals surface area contributed by atoms with E-state index in [4.69, 9.17) is 5.73 Å². The van der Waals surface area contributed by atoms with Crippen LogP contribution in [-0.4, -0.2) is 26.2 Å². The second kappa shape index (κ2) is 6.27. The van der Waals surface area contributed by atoms with Crippen LogP contribution in [-0.2, 0) is 11.8 Å². The van der Waals surface area contributed by atoms with Crippen molar-refractivity contribution in [1.82, 2.24) is 14.8 Å². The summed E-state index contributed by atoms with van der Waals surface area (Å²) in [5.41, 5.74) is 6.79. The molecule has 6 nitrogen and oxygen atoms in total. The molecule has 1 atom stereocenters. The van der Waals surface area contributed by atoms with Gasteiger partial charge in [0, 0.05) is 18.3 Å². The molecular weight excluding hydrogens is 278 g/mol. The van der Waals surface area contributed by atoms with Crippen molar-refractivity contribution in [3.05, 3.63) is 30.1 Å². The summed E-state index contributed by atoms with van der Waals surface area (Å²) in [7, 11) is 1.91. The Balaban J connectivity index is 2.23. The average Bonchev–Trinajstić information content (AvgIpc) is 2.79. The van der Waals surface area contributed by atoms with E-state index in [0.29, 0.717) is 12.1 Å². The van der Waals surface area contributed by atoms with E-state index < -0.39 is 5.54 Å². The molecule has 0 saturated carbocycles. The van der Waals surface area contributed by atoms with Gasteiger partial charge in [0.1, 0.15) is 5.82 Å². The van der Waals surface area contributed by atoms with E-state index in [1.165, 1.54) is 0 Å². The van der Waals surface area contributed by atoms with E-state index in [1.807, 2.05) is 49.7 Å². The molecule has 118 valence electrons. The van der Waals surface area contributed by atoms with E-state index in [1.54, 1.807) is 6.92 Å². The first kappa shape index (κ1) is 16.2. The zero-order valence-electron chi connectivity index (χ0n) is 13.6. The van der Waals surface area contributed by atoms with Crippen LogP contribution in [0.5, 0.6) is 0 Å². The maximum Gasteiger partial charge on any atom is 0.244 e. The van der Waals surface area contributed by atoms with Crippen LogP contribution in [0.15, 0.2) is 24.3 Å². The number of aryl methyl sites for hydroxylation is 1. The van der Waals surface area contributed by atoms with Gasteiger partial charge in [-0.15, -0.1) is 10.2 Å². The number of aromatic nitrogens is 3. The lowest BCUT2D eigenvalue weighted by Gasteiger charge is -2.23. The number of rotatable bonds is 5. The number of carbonyl (C=O) groups excluding carboxylic acids is 1. The number of nitrogens with two attached hydrogens (primary N) is 1. The molecule has 3 N–H and O–H groups in total. The van der Waals surface area contributed by atoms with Gasteiger partial charge in [0.15, 0.2) is 5.82 Å². The Bertz CT molecular complexity index is 675. The van der Waals surface area contributed by atoms with Crippen molar-refractivity contribution in [2.24, 2.45) is 12.8 Å². The summed E-state index contributed by atoms with van der Waals surface area (Å²) in [6.07, 6.45) is 1.50. The standard InChI is InChI=1S/C16H23N5O/c1-5-9-16(3,17)15(22)18-13-8-6-7-12(10-13)14-20-19-11(2)21(14)4/h6-8,10H,5,9,17H2,1-4H3,(H,18,22). The Morgan fingerprint density at radius 1 is 1.41 bits per heavy atom. The monoisotopic (exact) mass is 301 g/mol. The molecule has 1 amide bonds. The summed E-state index contributed by atoms with van der Waals surface area (Å²) in [5, 5.41) is 11.1. The fourth-order valence-corrected chi connectivity index (χ4v) is 2.30. The van der Waals surface area contributed by atoms with E-state index in [0.717, 1.165) is 23.6 Å². The minimum atomic E-state index is -0.869. The van der Waals surface area contributed by atoms with Crippen molar-refractivity contribution in [2.75, 3.05) is 5.32 Å². The van der Waals surface area contributed by atoms with Gasteiger partial charge in [0.05, 0.1) is 5.54 Å². The molecule has 1 aromatic heterocycles. The normalized spacial score (nSPS) is 13.7. The van der Waals surface area contributed by atoms with Gasteiger partial charge in [-0.3, -0.25) is 4.79 Å². The minimum absolute atomic E-state index is 0.180. The van der Waals surface area contributed by atoms with Crippen molar-refractivity contribution in [3.8, 4) is 11.4 Å². The SMILES string of the molecule is CCCC(C)(N)C(=O)Nc1cccc(-c2nnc(C)n2C)c1. The Morgan fingerprint density at radius 2 is 2.14 bits per heavy atom. The minimum Gasteiger partial charge on any atom is -0.324 e. The lowest BCUT2D eigenvalue weighted by atomic mass is 9.96. The van der Waals surface area contributed by atoms with Crippen molar-refractivity contribution in [2.45, 2.75) is 39.2 Å². The maximum atomic E-state index is 12.3. The van der Waals surface area contributed by atoms with E-state index in [9.17, 15) is 4.79 Å². The van der Waals surface area contributed by atoms with Crippen LogP contribution < -0.4 is 11.1 Å². The summed E-state index contributed by atoms with van der Waals surface area (Å²) >= 11 is 0. The molecule has 6 heteroatoms. The van der Waals surface area contributed by atoms with Crippen molar-refractivity contribution in [3.63, 3.8) is 0 Å². The lowest BCUT2D eigenvalue weighted by molar-refractivity contribution is -0.120. The molecule has 2 rings (SSSR count). The highest BCUT2D eigenvalue weighted by molar-refractivity contribution is 5.98. The summed E-state index contributed by atoms with van der Waals surface area (Å²) in [6, 6.07) is 7.53. The average molecular weight is 301 g/mol. The molecular formula is C16H23N5O. The molecule has 0 aliphatic heterocycles. The number of hydrogen-bond donors (Lipinski definition) is 2. The third-order valence-corrected chi connectivity index (χ3v) is 3.76. The van der Waals surface area contributed by atoms with Crippen molar-refractivity contribution >= 4 is 11.6 Å². The number of carbonyl (C=O) groups is 1. The topological polar surface area (TPSA) is 85.8 Å². The third-order valence-electron chi connectivity index (χ3n) is 3.76. The van der Waals surface area contributed by atoms with Crippen LogP contribution in [0.4, 0.5) is 5.69 Å². The molecule has 0 radical (unpaired) electrons. The second-order valence-electron chi connectivity index (χ2n) is 5.83.